The van der Waals surface area contributed by atoms with E-state index in [4.69, 9.17) is 17.3 Å². The predicted molar refractivity (Wildman–Crippen MR) is 53.1 cm³/mol. The maximum Gasteiger partial charge on any atom is 0.255 e. The Kier molecular flexibility index (Phi) is 2.35. The Hall–Kier alpha value is -1.20. The summed E-state index contributed by atoms with van der Waals surface area (Å²) >= 11 is 6.08. The first-order chi connectivity index (χ1) is 6.68. The van der Waals surface area contributed by atoms with Gasteiger partial charge in [-0.15, -0.1) is 5.10 Å². The summed E-state index contributed by atoms with van der Waals surface area (Å²) in [5, 5.41) is 8.13. The van der Waals surface area contributed by atoms with E-state index < -0.39 is 0 Å². The second-order valence-electron chi connectivity index (χ2n) is 3.21. The van der Waals surface area contributed by atoms with Crippen LogP contribution < -0.4 is 5.73 Å². The monoisotopic (exact) mass is 211 g/mol. The molecule has 1 unspecified atom stereocenters. The fourth-order valence-corrected chi connectivity index (χ4v) is 1.52. The Labute approximate surface area is 85.9 Å². The second kappa shape index (κ2) is 3.51. The number of rotatable bonds is 2. The van der Waals surface area contributed by atoms with Crippen molar-refractivity contribution in [2.24, 2.45) is 5.73 Å². The Bertz CT molecular complexity index is 450. The van der Waals surface area contributed by atoms with Gasteiger partial charge in [-0.1, -0.05) is 11.6 Å². The summed E-state index contributed by atoms with van der Waals surface area (Å²) in [6, 6.07) is 0.0328. The standard InChI is InChI=1S/C8H10ClN5/c1-5(10)4-6-7(9)14-3-2-11-13-8(14)12-6/h2-3,5H,4,10H2,1H3. The lowest BCUT2D eigenvalue weighted by molar-refractivity contribution is 0.726. The molecule has 2 heterocycles. The van der Waals surface area contributed by atoms with Gasteiger partial charge in [0.15, 0.2) is 0 Å². The third kappa shape index (κ3) is 1.56. The summed E-state index contributed by atoms with van der Waals surface area (Å²) in [4.78, 5) is 4.23. The predicted octanol–water partition coefficient (Wildman–Crippen LogP) is 0.667. The molecule has 1 atom stereocenters. The van der Waals surface area contributed by atoms with E-state index in [1.165, 1.54) is 0 Å². The molecule has 0 saturated heterocycles. The molecule has 0 saturated carbocycles. The van der Waals surface area contributed by atoms with Crippen molar-refractivity contribution in [3.05, 3.63) is 23.2 Å². The molecule has 0 aliphatic carbocycles. The molecule has 0 aliphatic heterocycles. The second-order valence-corrected chi connectivity index (χ2v) is 3.57. The molecule has 0 amide bonds. The average Bonchev–Trinajstić information content (AvgIpc) is 2.44. The van der Waals surface area contributed by atoms with Crippen molar-refractivity contribution < 1.29 is 0 Å². The molecule has 5 nitrogen and oxygen atoms in total. The van der Waals surface area contributed by atoms with Gasteiger partial charge >= 0.3 is 0 Å². The number of aromatic nitrogens is 4. The Morgan fingerprint density at radius 2 is 2.43 bits per heavy atom. The van der Waals surface area contributed by atoms with Gasteiger partial charge in [0.05, 0.1) is 11.9 Å². The van der Waals surface area contributed by atoms with Crippen LogP contribution in [-0.4, -0.2) is 25.6 Å². The van der Waals surface area contributed by atoms with Crippen LogP contribution in [0.4, 0.5) is 0 Å². The van der Waals surface area contributed by atoms with Crippen molar-refractivity contribution in [3.8, 4) is 0 Å². The van der Waals surface area contributed by atoms with Crippen molar-refractivity contribution >= 4 is 17.4 Å². The van der Waals surface area contributed by atoms with Crippen molar-refractivity contribution in [3.63, 3.8) is 0 Å². The minimum atomic E-state index is 0.0328. The molecule has 74 valence electrons. The highest BCUT2D eigenvalue weighted by atomic mass is 35.5. The van der Waals surface area contributed by atoms with Crippen molar-refractivity contribution in [1.29, 1.82) is 0 Å². The molecule has 6 heteroatoms. The number of hydrogen-bond acceptors (Lipinski definition) is 4. The number of imidazole rings is 1. The number of halogens is 1. The largest absolute Gasteiger partial charge is 0.328 e. The van der Waals surface area contributed by atoms with Gasteiger partial charge in [0.1, 0.15) is 5.15 Å². The third-order valence-corrected chi connectivity index (χ3v) is 2.25. The highest BCUT2D eigenvalue weighted by molar-refractivity contribution is 6.30. The summed E-state index contributed by atoms with van der Waals surface area (Å²) in [5.74, 6) is 0.508. The minimum absolute atomic E-state index is 0.0328. The van der Waals surface area contributed by atoms with Gasteiger partial charge in [0.2, 0.25) is 0 Å². The van der Waals surface area contributed by atoms with Gasteiger partial charge < -0.3 is 5.73 Å². The molecule has 2 N–H and O–H groups in total. The Balaban J connectivity index is 2.51. The van der Waals surface area contributed by atoms with Gasteiger partial charge in [-0.2, -0.15) is 5.10 Å². The molecule has 2 aromatic rings. The van der Waals surface area contributed by atoms with Crippen molar-refractivity contribution in [1.82, 2.24) is 19.6 Å². The van der Waals surface area contributed by atoms with E-state index in [1.807, 2.05) is 6.92 Å². The summed E-state index contributed by atoms with van der Waals surface area (Å²) in [5.41, 5.74) is 6.44. The number of nitrogens with zero attached hydrogens (tertiary/aromatic N) is 4. The van der Waals surface area contributed by atoms with Crippen molar-refractivity contribution in [2.45, 2.75) is 19.4 Å². The summed E-state index contributed by atoms with van der Waals surface area (Å²) < 4.78 is 1.69. The first-order valence-electron chi connectivity index (χ1n) is 4.28. The van der Waals surface area contributed by atoms with E-state index in [9.17, 15) is 0 Å². The molecule has 0 fully saturated rings. The van der Waals surface area contributed by atoms with Crippen LogP contribution >= 0.6 is 11.6 Å². The zero-order chi connectivity index (χ0) is 10.1. The van der Waals surface area contributed by atoms with Crippen LogP contribution in [0.15, 0.2) is 12.4 Å². The number of fused-ring (bicyclic) bond motifs is 1. The molecule has 14 heavy (non-hydrogen) atoms. The van der Waals surface area contributed by atoms with Crippen LogP contribution in [0.2, 0.25) is 5.15 Å². The summed E-state index contributed by atoms with van der Waals surface area (Å²) in [6.45, 7) is 1.91. The van der Waals surface area contributed by atoms with E-state index in [0.29, 0.717) is 17.4 Å². The zero-order valence-electron chi connectivity index (χ0n) is 7.68. The fraction of sp³-hybridized carbons (Fsp3) is 0.375. The molecule has 0 radical (unpaired) electrons. The normalized spacial score (nSPS) is 13.4. The highest BCUT2D eigenvalue weighted by Crippen LogP contribution is 2.17. The van der Waals surface area contributed by atoms with Gasteiger partial charge in [-0.05, 0) is 6.92 Å². The SMILES string of the molecule is CC(N)Cc1nc2nnccn2c1Cl. The van der Waals surface area contributed by atoms with Crippen LogP contribution in [-0.2, 0) is 6.42 Å². The topological polar surface area (TPSA) is 69.1 Å². The first-order valence-corrected chi connectivity index (χ1v) is 4.66. The van der Waals surface area contributed by atoms with Crippen LogP contribution in [0, 0.1) is 0 Å². The zero-order valence-corrected chi connectivity index (χ0v) is 8.44. The Morgan fingerprint density at radius 1 is 1.64 bits per heavy atom. The van der Waals surface area contributed by atoms with E-state index >= 15 is 0 Å². The molecule has 0 spiro atoms. The van der Waals surface area contributed by atoms with Gasteiger partial charge in [0, 0.05) is 18.7 Å². The summed E-state index contributed by atoms with van der Waals surface area (Å²) in [6.07, 6.45) is 3.93. The lowest BCUT2D eigenvalue weighted by Crippen LogP contribution is -2.18. The number of hydrogen-bond donors (Lipinski definition) is 1. The molecular formula is C8H10ClN5. The van der Waals surface area contributed by atoms with Crippen LogP contribution in [0.3, 0.4) is 0 Å². The van der Waals surface area contributed by atoms with Crippen LogP contribution in [0.25, 0.3) is 5.78 Å². The first kappa shape index (κ1) is 9.36. The molecular weight excluding hydrogens is 202 g/mol. The quantitative estimate of drug-likeness (QED) is 0.793. The van der Waals surface area contributed by atoms with E-state index in [0.717, 1.165) is 5.69 Å². The molecule has 0 bridgehead atoms. The maximum atomic E-state index is 6.08. The molecule has 0 aliphatic rings. The van der Waals surface area contributed by atoms with Crippen LogP contribution in [0.5, 0.6) is 0 Å². The van der Waals surface area contributed by atoms with E-state index in [-0.39, 0.29) is 6.04 Å². The fourth-order valence-electron chi connectivity index (χ4n) is 1.27. The molecule has 0 aromatic carbocycles. The van der Waals surface area contributed by atoms with E-state index in [2.05, 4.69) is 15.2 Å². The van der Waals surface area contributed by atoms with Gasteiger partial charge in [-0.3, -0.25) is 4.40 Å². The molecule has 2 rings (SSSR count). The lowest BCUT2D eigenvalue weighted by Gasteiger charge is -2.00. The Morgan fingerprint density at radius 3 is 3.07 bits per heavy atom. The lowest BCUT2D eigenvalue weighted by atomic mass is 10.2. The van der Waals surface area contributed by atoms with Crippen LogP contribution in [0.1, 0.15) is 12.6 Å². The minimum Gasteiger partial charge on any atom is -0.328 e. The maximum absolute atomic E-state index is 6.08. The summed E-state index contributed by atoms with van der Waals surface area (Å²) in [7, 11) is 0. The third-order valence-electron chi connectivity index (χ3n) is 1.84. The highest BCUT2D eigenvalue weighted by Gasteiger charge is 2.11. The average molecular weight is 212 g/mol. The number of nitrogens with two attached hydrogens (primary N) is 1. The van der Waals surface area contributed by atoms with Gasteiger partial charge in [0.25, 0.3) is 5.78 Å². The van der Waals surface area contributed by atoms with E-state index in [1.54, 1.807) is 16.8 Å². The smallest absolute Gasteiger partial charge is 0.255 e. The molecule has 2 aromatic heterocycles. The van der Waals surface area contributed by atoms with Crippen molar-refractivity contribution in [2.75, 3.05) is 0 Å². The van der Waals surface area contributed by atoms with Gasteiger partial charge in [-0.25, -0.2) is 4.98 Å².